The summed E-state index contributed by atoms with van der Waals surface area (Å²) in [5.41, 5.74) is 0. The lowest BCUT2D eigenvalue weighted by Crippen LogP contribution is -2.68. The summed E-state index contributed by atoms with van der Waals surface area (Å²) in [7, 11) is 0. The first kappa shape index (κ1) is 47.0. The Balaban J connectivity index is 1.28. The van der Waals surface area contributed by atoms with E-state index >= 15 is 0 Å². The van der Waals surface area contributed by atoms with Crippen LogP contribution in [0.15, 0.2) is 0 Å². The van der Waals surface area contributed by atoms with Gasteiger partial charge in [-0.2, -0.15) is 0 Å². The van der Waals surface area contributed by atoms with E-state index in [-0.39, 0.29) is 0 Å². The van der Waals surface area contributed by atoms with E-state index in [9.17, 15) is 96.4 Å². The molecule has 0 saturated carbocycles. The highest BCUT2D eigenvalue weighted by Crippen LogP contribution is 2.35. The Labute approximate surface area is 324 Å². The van der Waals surface area contributed by atoms with Gasteiger partial charge in [-0.15, -0.1) is 0 Å². The average Bonchev–Trinajstić information content (AvgIpc) is 3.19. The number of hydrogen-bond acceptors (Lipinski definition) is 26. The fraction of sp³-hybridized carbons (Fsp3) is 0.933. The van der Waals surface area contributed by atoms with Crippen LogP contribution in [0, 0.1) is 0 Å². The predicted octanol–water partition coefficient (Wildman–Crippen LogP) is -11.7. The molecule has 0 aliphatic carbocycles. The van der Waals surface area contributed by atoms with Crippen LogP contribution in [0.5, 0.6) is 0 Å². The van der Waals surface area contributed by atoms with Crippen molar-refractivity contribution in [3.63, 3.8) is 0 Å². The molecule has 58 heavy (non-hydrogen) atoms. The Morgan fingerprint density at radius 3 is 1.12 bits per heavy atom. The highest BCUT2D eigenvalue weighted by Gasteiger charge is 2.58. The summed E-state index contributed by atoms with van der Waals surface area (Å²) < 4.78 is 47.7. The first-order valence-electron chi connectivity index (χ1n) is 17.6. The number of carboxylic acid groups (broad SMARTS) is 2. The van der Waals surface area contributed by atoms with Gasteiger partial charge in [0.05, 0.1) is 19.8 Å². The maximum Gasteiger partial charge on any atom is 0.335 e. The Morgan fingerprint density at radius 1 is 0.362 bits per heavy atom. The van der Waals surface area contributed by atoms with E-state index in [4.69, 9.17) is 42.6 Å². The molecule has 28 nitrogen and oxygen atoms in total. The maximum atomic E-state index is 12.4. The minimum Gasteiger partial charge on any atom is -0.479 e. The van der Waals surface area contributed by atoms with Crippen molar-refractivity contribution >= 4 is 11.9 Å². The van der Waals surface area contributed by atoms with E-state index in [1.807, 2.05) is 0 Å². The molecule has 0 amide bonds. The van der Waals surface area contributed by atoms with Gasteiger partial charge in [0.2, 0.25) is 0 Å². The summed E-state index contributed by atoms with van der Waals surface area (Å²) in [5.74, 6) is -3.80. The molecule has 5 heterocycles. The van der Waals surface area contributed by atoms with Crippen LogP contribution in [0.25, 0.3) is 0 Å². The van der Waals surface area contributed by atoms with Gasteiger partial charge in [-0.3, -0.25) is 0 Å². The highest BCUT2D eigenvalue weighted by atomic mass is 16.8. The molecule has 0 aromatic carbocycles. The molecule has 0 aromatic heterocycles. The second-order valence-electron chi connectivity index (χ2n) is 14.0. The van der Waals surface area contributed by atoms with E-state index in [1.165, 1.54) is 0 Å². The molecule has 0 aromatic rings. The van der Waals surface area contributed by atoms with E-state index < -0.39 is 185 Å². The summed E-state index contributed by atoms with van der Waals surface area (Å²) >= 11 is 0. The minimum absolute atomic E-state index is 0.855. The van der Waals surface area contributed by atoms with Crippen LogP contribution in [0.2, 0.25) is 0 Å². The molecule has 5 rings (SSSR count). The highest BCUT2D eigenvalue weighted by molar-refractivity contribution is 5.74. The SMILES string of the molecule is O=C(O)[C@H]1O[C@H](O[C@H]2C(O)O[C@H](C(=O)O)[C@@H](O[C@@H]3O[C@H](CO)[C@H](O)[C@H](O)[C@H]3O)[C@@H]2O)[C@H](O)[C@@H](O)[C@@H]1O[C@@H]1O[C@H](CO)[C@@H](O[C@@H]2O[C@H](CO)[C@@H](O)[C@H](O)[C@@H]2O)[C@H](O)[C@@H]1O. The normalized spacial score (nSPS) is 51.6. The first-order chi connectivity index (χ1) is 27.3. The number of hydrogen-bond donors (Lipinski definition) is 17. The van der Waals surface area contributed by atoms with Gasteiger partial charge in [-0.1, -0.05) is 0 Å². The molecule has 0 radical (unpaired) electrons. The third kappa shape index (κ3) is 9.25. The van der Waals surface area contributed by atoms with Crippen LogP contribution in [-0.4, -0.2) is 272 Å². The maximum absolute atomic E-state index is 12.4. The van der Waals surface area contributed by atoms with Crippen LogP contribution in [-0.2, 0) is 52.2 Å². The molecule has 5 aliphatic heterocycles. The lowest BCUT2D eigenvalue weighted by atomic mass is 9.95. The van der Waals surface area contributed by atoms with Gasteiger partial charge >= 0.3 is 11.9 Å². The molecule has 5 aliphatic rings. The molecule has 5 fully saturated rings. The number of aliphatic carboxylic acids is 2. The number of aliphatic hydroxyl groups excluding tert-OH is 15. The number of rotatable bonds is 13. The van der Waals surface area contributed by atoms with Gasteiger partial charge in [0.1, 0.15) is 110 Å². The van der Waals surface area contributed by atoms with Crippen LogP contribution in [0.1, 0.15) is 0 Å². The summed E-state index contributed by atoms with van der Waals surface area (Å²) in [6.07, 6.45) is -51.9. The van der Waals surface area contributed by atoms with Gasteiger partial charge in [-0.25, -0.2) is 9.59 Å². The zero-order chi connectivity index (χ0) is 43.1. The van der Waals surface area contributed by atoms with Crippen LogP contribution in [0.3, 0.4) is 0 Å². The Hall–Kier alpha value is -2.02. The van der Waals surface area contributed by atoms with Crippen molar-refractivity contribution in [1.82, 2.24) is 0 Å². The molecular formula is C30H48O28. The fourth-order valence-electron chi connectivity index (χ4n) is 6.95. The third-order valence-corrected chi connectivity index (χ3v) is 10.3. The minimum atomic E-state index is -2.42. The largest absolute Gasteiger partial charge is 0.479 e. The fourth-order valence-corrected chi connectivity index (χ4v) is 6.95. The Bertz CT molecular complexity index is 1360. The molecule has 1 unspecified atom stereocenters. The number of carbonyl (C=O) groups is 2. The zero-order valence-corrected chi connectivity index (χ0v) is 29.6. The van der Waals surface area contributed by atoms with E-state index in [0.717, 1.165) is 0 Å². The van der Waals surface area contributed by atoms with E-state index in [2.05, 4.69) is 0 Å². The second kappa shape index (κ2) is 19.4. The Kier molecular flexibility index (Phi) is 15.7. The zero-order valence-electron chi connectivity index (χ0n) is 29.6. The van der Waals surface area contributed by atoms with Crippen molar-refractivity contribution in [2.45, 2.75) is 154 Å². The van der Waals surface area contributed by atoms with Crippen molar-refractivity contribution in [3.05, 3.63) is 0 Å². The van der Waals surface area contributed by atoms with Gasteiger partial charge in [0.15, 0.2) is 43.7 Å². The molecular weight excluding hydrogens is 808 g/mol. The molecule has 25 atom stereocenters. The van der Waals surface area contributed by atoms with E-state index in [1.54, 1.807) is 0 Å². The summed E-state index contributed by atoms with van der Waals surface area (Å²) in [5, 5.41) is 175. The smallest absolute Gasteiger partial charge is 0.335 e. The lowest BCUT2D eigenvalue weighted by molar-refractivity contribution is -0.391. The number of carboxylic acids is 2. The molecule has 336 valence electrons. The topological polar surface area (TPSA) is 461 Å². The van der Waals surface area contributed by atoms with Crippen molar-refractivity contribution in [1.29, 1.82) is 0 Å². The van der Waals surface area contributed by atoms with E-state index in [0.29, 0.717) is 0 Å². The van der Waals surface area contributed by atoms with Crippen LogP contribution < -0.4 is 0 Å². The average molecular weight is 857 g/mol. The first-order valence-corrected chi connectivity index (χ1v) is 17.6. The lowest BCUT2D eigenvalue weighted by Gasteiger charge is -2.48. The summed E-state index contributed by atoms with van der Waals surface area (Å²) in [4.78, 5) is 24.3. The standard InChI is InChI=1S/C30H48O28/c31-1-4-7(34)9(36)13(40)27(50-4)54-18-6(3-33)52-29(15(42)11(18)38)55-19-12(39)16(43)30(58-23(19)25(47)48)57-21-17(44)20(22(24(45)46)53-26(21)49)56-28-14(41)10(37)8(35)5(2-32)51-28/h4-23,26-44,49H,1-3H2,(H,45,46)(H,47,48)/t4-,5-,6-,7-,8+,9+,10+,11-,12-,13+,14-,15+,16-,17+,18-,19+,20+,21-,22+,23+,26?,27+,28+,29+,30+/m1/s1. The van der Waals surface area contributed by atoms with Gasteiger partial charge < -0.3 is 129 Å². The molecule has 5 saturated heterocycles. The Morgan fingerprint density at radius 2 is 0.690 bits per heavy atom. The van der Waals surface area contributed by atoms with Crippen molar-refractivity contribution in [2.75, 3.05) is 19.8 Å². The van der Waals surface area contributed by atoms with Gasteiger partial charge in [-0.05, 0) is 0 Å². The van der Waals surface area contributed by atoms with Gasteiger partial charge in [0, 0.05) is 0 Å². The van der Waals surface area contributed by atoms with Crippen LogP contribution in [0.4, 0.5) is 0 Å². The molecule has 28 heteroatoms. The monoisotopic (exact) mass is 856 g/mol. The summed E-state index contributed by atoms with van der Waals surface area (Å²) in [6, 6.07) is 0. The van der Waals surface area contributed by atoms with Crippen molar-refractivity contribution < 1.29 is 139 Å². The van der Waals surface area contributed by atoms with Crippen LogP contribution >= 0.6 is 0 Å². The van der Waals surface area contributed by atoms with Crippen molar-refractivity contribution in [2.24, 2.45) is 0 Å². The molecule has 17 N–H and O–H groups in total. The van der Waals surface area contributed by atoms with Crippen molar-refractivity contribution in [3.8, 4) is 0 Å². The number of ether oxygens (including phenoxy) is 9. The summed E-state index contributed by atoms with van der Waals surface area (Å²) in [6.45, 7) is -2.81. The van der Waals surface area contributed by atoms with Gasteiger partial charge in [0.25, 0.3) is 0 Å². The second-order valence-corrected chi connectivity index (χ2v) is 14.0. The third-order valence-electron chi connectivity index (χ3n) is 10.3. The number of aliphatic hydroxyl groups is 15. The molecule has 0 spiro atoms. The predicted molar refractivity (Wildman–Crippen MR) is 168 cm³/mol. The quantitative estimate of drug-likeness (QED) is 0.0817. The molecule has 0 bridgehead atoms.